The molecule has 24 heavy (non-hydrogen) atoms. The second-order valence-electron chi connectivity index (χ2n) is 7.40. The highest BCUT2D eigenvalue weighted by Gasteiger charge is 2.60. The molecule has 1 spiro atoms. The third kappa shape index (κ3) is 2.39. The van der Waals surface area contributed by atoms with E-state index in [4.69, 9.17) is 16.6 Å². The molecule has 0 N–H and O–H groups in total. The number of rotatable bonds is 3. The van der Waals surface area contributed by atoms with Gasteiger partial charge in [-0.2, -0.15) is 0 Å². The van der Waals surface area contributed by atoms with Gasteiger partial charge in [-0.1, -0.05) is 30.7 Å². The van der Waals surface area contributed by atoms with Crippen LogP contribution in [0, 0.1) is 11.8 Å². The lowest BCUT2D eigenvalue weighted by atomic mass is 9.85. The number of fused-ring (bicyclic) bond motifs is 2. The predicted octanol–water partition coefficient (Wildman–Crippen LogP) is 3.20. The summed E-state index contributed by atoms with van der Waals surface area (Å²) >= 11 is 5.97. The fourth-order valence-electron chi connectivity index (χ4n) is 4.84. The molecule has 1 aromatic carbocycles. The number of hydrogen-bond acceptors (Lipinski definition) is 3. The lowest BCUT2D eigenvalue weighted by molar-refractivity contribution is -0.131. The summed E-state index contributed by atoms with van der Waals surface area (Å²) in [6, 6.07) is 8.08. The number of amidine groups is 1. The number of carbonyl (C=O) groups is 1. The maximum Gasteiger partial charge on any atom is 0.255 e. The first-order valence-corrected chi connectivity index (χ1v) is 9.25. The van der Waals surface area contributed by atoms with Crippen molar-refractivity contribution in [1.29, 1.82) is 0 Å². The third-order valence-electron chi connectivity index (χ3n) is 6.05. The van der Waals surface area contributed by atoms with Gasteiger partial charge in [0.15, 0.2) is 0 Å². The van der Waals surface area contributed by atoms with Crippen molar-refractivity contribution in [2.45, 2.75) is 38.3 Å². The van der Waals surface area contributed by atoms with Gasteiger partial charge in [0.25, 0.3) is 5.91 Å². The van der Waals surface area contributed by atoms with Crippen LogP contribution in [0.4, 0.5) is 0 Å². The number of nitrogens with zero attached hydrogens (tertiary/aromatic N) is 3. The minimum Gasteiger partial charge on any atom is -0.302 e. The molecule has 2 aliphatic heterocycles. The van der Waals surface area contributed by atoms with E-state index in [0.717, 1.165) is 49.8 Å². The SMILES string of the molecule is CCC1=N[C@@]2(CC[C@@H]3CN(Cc4ccc(Cl)cc4)C[C@@H]32)C(=O)N1C. The van der Waals surface area contributed by atoms with Crippen LogP contribution in [0.2, 0.25) is 5.02 Å². The fourth-order valence-corrected chi connectivity index (χ4v) is 4.97. The van der Waals surface area contributed by atoms with Gasteiger partial charge in [0.1, 0.15) is 11.4 Å². The summed E-state index contributed by atoms with van der Waals surface area (Å²) in [7, 11) is 1.88. The van der Waals surface area contributed by atoms with Crippen LogP contribution in [0.25, 0.3) is 0 Å². The second-order valence-corrected chi connectivity index (χ2v) is 7.83. The highest BCUT2D eigenvalue weighted by molar-refractivity contribution is 6.30. The molecule has 1 aliphatic carbocycles. The van der Waals surface area contributed by atoms with Crippen molar-refractivity contribution in [1.82, 2.24) is 9.80 Å². The number of aliphatic imine (C=N–C) groups is 1. The van der Waals surface area contributed by atoms with E-state index in [2.05, 4.69) is 24.0 Å². The molecule has 4 nitrogen and oxygen atoms in total. The second kappa shape index (κ2) is 5.85. The van der Waals surface area contributed by atoms with Crippen molar-refractivity contribution in [2.24, 2.45) is 16.8 Å². The maximum absolute atomic E-state index is 12.9. The number of likely N-dealkylation sites (tertiary alicyclic amines) is 1. The van der Waals surface area contributed by atoms with E-state index in [-0.39, 0.29) is 5.91 Å². The largest absolute Gasteiger partial charge is 0.302 e. The van der Waals surface area contributed by atoms with Crippen LogP contribution < -0.4 is 0 Å². The zero-order valence-corrected chi connectivity index (χ0v) is 15.1. The van der Waals surface area contributed by atoms with Gasteiger partial charge in [0.05, 0.1) is 0 Å². The highest BCUT2D eigenvalue weighted by Crippen LogP contribution is 2.50. The van der Waals surface area contributed by atoms with Gasteiger partial charge in [0.2, 0.25) is 0 Å². The third-order valence-corrected chi connectivity index (χ3v) is 6.30. The van der Waals surface area contributed by atoms with Crippen LogP contribution in [0.5, 0.6) is 0 Å². The molecule has 0 unspecified atom stereocenters. The van der Waals surface area contributed by atoms with Crippen LogP contribution >= 0.6 is 11.6 Å². The minimum atomic E-state index is -0.473. The summed E-state index contributed by atoms with van der Waals surface area (Å²) < 4.78 is 0. The van der Waals surface area contributed by atoms with E-state index in [0.29, 0.717) is 11.8 Å². The van der Waals surface area contributed by atoms with Gasteiger partial charge >= 0.3 is 0 Å². The number of carbonyl (C=O) groups excluding carboxylic acids is 1. The van der Waals surface area contributed by atoms with Crippen molar-refractivity contribution < 1.29 is 4.79 Å². The molecule has 0 bridgehead atoms. The summed E-state index contributed by atoms with van der Waals surface area (Å²) in [5.74, 6) is 2.13. The molecule has 2 heterocycles. The Morgan fingerprint density at radius 3 is 2.71 bits per heavy atom. The van der Waals surface area contributed by atoms with E-state index < -0.39 is 5.54 Å². The Bertz CT molecular complexity index is 686. The van der Waals surface area contributed by atoms with Crippen molar-refractivity contribution in [3.8, 4) is 0 Å². The quantitative estimate of drug-likeness (QED) is 0.843. The molecule has 1 saturated heterocycles. The lowest BCUT2D eigenvalue weighted by Crippen LogP contribution is -2.45. The molecule has 1 aromatic rings. The van der Waals surface area contributed by atoms with Gasteiger partial charge < -0.3 is 4.90 Å². The zero-order valence-electron chi connectivity index (χ0n) is 14.3. The van der Waals surface area contributed by atoms with Gasteiger partial charge in [-0.25, -0.2) is 0 Å². The Balaban J connectivity index is 1.52. The topological polar surface area (TPSA) is 35.9 Å². The Morgan fingerprint density at radius 2 is 2.04 bits per heavy atom. The number of amides is 1. The summed E-state index contributed by atoms with van der Waals surface area (Å²) in [6.45, 7) is 5.04. The summed E-state index contributed by atoms with van der Waals surface area (Å²) in [6.07, 6.45) is 2.86. The Kier molecular flexibility index (Phi) is 3.92. The Morgan fingerprint density at radius 1 is 1.29 bits per heavy atom. The first-order valence-electron chi connectivity index (χ1n) is 8.87. The standard InChI is InChI=1S/C19H24ClN3O/c1-3-17-21-19(18(24)22(17)2)9-8-14-11-23(12-16(14)19)10-13-4-6-15(20)7-5-13/h4-7,14,16H,3,8-12H2,1-2H3/t14-,16+,19-/m1/s1. The minimum absolute atomic E-state index is 0.222. The summed E-state index contributed by atoms with van der Waals surface area (Å²) in [5, 5.41) is 0.775. The lowest BCUT2D eigenvalue weighted by Gasteiger charge is -2.27. The molecule has 3 atom stereocenters. The zero-order chi connectivity index (χ0) is 16.9. The Labute approximate surface area is 148 Å². The van der Waals surface area contributed by atoms with Gasteiger partial charge in [-0.05, 0) is 36.5 Å². The normalized spacial score (nSPS) is 32.7. The predicted molar refractivity (Wildman–Crippen MR) is 96.2 cm³/mol. The van der Waals surface area contributed by atoms with Crippen LogP contribution in [-0.2, 0) is 11.3 Å². The molecule has 1 saturated carbocycles. The molecular weight excluding hydrogens is 322 g/mol. The fraction of sp³-hybridized carbons (Fsp3) is 0.579. The van der Waals surface area contributed by atoms with Gasteiger partial charge in [-0.3, -0.25) is 14.7 Å². The van der Waals surface area contributed by atoms with Gasteiger partial charge in [-0.15, -0.1) is 0 Å². The van der Waals surface area contributed by atoms with Gasteiger partial charge in [0, 0.05) is 44.0 Å². The molecule has 4 rings (SSSR count). The Hall–Kier alpha value is -1.39. The van der Waals surface area contributed by atoms with Crippen LogP contribution in [-0.4, -0.2) is 47.2 Å². The average Bonchev–Trinajstić information content (AvgIpc) is 3.20. The highest BCUT2D eigenvalue weighted by atomic mass is 35.5. The first-order chi connectivity index (χ1) is 11.5. The molecule has 0 aromatic heterocycles. The van der Waals surface area contributed by atoms with Crippen molar-refractivity contribution in [3.63, 3.8) is 0 Å². The van der Waals surface area contributed by atoms with E-state index in [9.17, 15) is 4.79 Å². The average molecular weight is 346 g/mol. The van der Waals surface area contributed by atoms with Crippen LogP contribution in [0.15, 0.2) is 29.3 Å². The van der Waals surface area contributed by atoms with E-state index in [1.165, 1.54) is 5.56 Å². The monoisotopic (exact) mass is 345 g/mol. The maximum atomic E-state index is 12.9. The van der Waals surface area contributed by atoms with E-state index in [1.807, 2.05) is 19.2 Å². The van der Waals surface area contributed by atoms with Crippen molar-refractivity contribution >= 4 is 23.3 Å². The molecular formula is C19H24ClN3O. The smallest absolute Gasteiger partial charge is 0.255 e. The first kappa shape index (κ1) is 16.1. The molecule has 5 heteroatoms. The van der Waals surface area contributed by atoms with Crippen molar-refractivity contribution in [3.05, 3.63) is 34.9 Å². The van der Waals surface area contributed by atoms with Crippen LogP contribution in [0.1, 0.15) is 31.7 Å². The van der Waals surface area contributed by atoms with Crippen LogP contribution in [0.3, 0.4) is 0 Å². The van der Waals surface area contributed by atoms with Crippen molar-refractivity contribution in [2.75, 3.05) is 20.1 Å². The number of halogens is 1. The molecule has 3 aliphatic rings. The summed E-state index contributed by atoms with van der Waals surface area (Å²) in [4.78, 5) is 22.1. The molecule has 0 radical (unpaired) electrons. The molecule has 1 amide bonds. The number of benzene rings is 1. The molecule has 128 valence electrons. The number of hydrogen-bond donors (Lipinski definition) is 0. The molecule has 2 fully saturated rings. The summed E-state index contributed by atoms with van der Waals surface area (Å²) in [5.41, 5.74) is 0.806. The van der Waals surface area contributed by atoms with E-state index >= 15 is 0 Å². The van der Waals surface area contributed by atoms with E-state index in [1.54, 1.807) is 4.90 Å². The number of likely N-dealkylation sites (N-methyl/N-ethyl adjacent to an activating group) is 1.